The highest BCUT2D eigenvalue weighted by molar-refractivity contribution is 5.90. The van der Waals surface area contributed by atoms with E-state index in [1.165, 1.54) is 12.3 Å². The number of nitrogens with zero attached hydrogens (tertiary/aromatic N) is 2. The Bertz CT molecular complexity index is 631. The summed E-state index contributed by atoms with van der Waals surface area (Å²) in [5.41, 5.74) is 12.3. The van der Waals surface area contributed by atoms with Gasteiger partial charge >= 0.3 is 0 Å². The van der Waals surface area contributed by atoms with Gasteiger partial charge in [0.15, 0.2) is 0 Å². The van der Waals surface area contributed by atoms with E-state index in [1.54, 1.807) is 18.2 Å². The summed E-state index contributed by atoms with van der Waals surface area (Å²) >= 11 is 0. The van der Waals surface area contributed by atoms with Crippen molar-refractivity contribution in [2.75, 3.05) is 0 Å². The van der Waals surface area contributed by atoms with Crippen molar-refractivity contribution in [3.05, 3.63) is 59.9 Å². The van der Waals surface area contributed by atoms with Gasteiger partial charge in [0.1, 0.15) is 5.82 Å². The van der Waals surface area contributed by atoms with Gasteiger partial charge < -0.3 is 11.5 Å². The van der Waals surface area contributed by atoms with E-state index in [4.69, 9.17) is 11.5 Å². The molecule has 0 aliphatic heterocycles. The van der Waals surface area contributed by atoms with Gasteiger partial charge in [0, 0.05) is 11.1 Å². The quantitative estimate of drug-likeness (QED) is 0.501. The molecule has 0 radical (unpaired) electrons. The predicted molar refractivity (Wildman–Crippen MR) is 75.2 cm³/mol. The summed E-state index contributed by atoms with van der Waals surface area (Å²) in [7, 11) is 0. The van der Waals surface area contributed by atoms with Crippen LogP contribution in [0.5, 0.6) is 0 Å². The Morgan fingerprint density at radius 3 is 2.26 bits per heavy atom. The van der Waals surface area contributed by atoms with Gasteiger partial charge in [-0.3, -0.25) is 0 Å². The van der Waals surface area contributed by atoms with Crippen molar-refractivity contribution < 1.29 is 4.39 Å². The molecule has 0 unspecified atom stereocenters. The van der Waals surface area contributed by atoms with E-state index >= 15 is 0 Å². The number of halogens is 1. The van der Waals surface area contributed by atoms with Crippen LogP contribution >= 0.6 is 0 Å². The maximum absolute atomic E-state index is 13.8. The molecule has 4 nitrogen and oxygen atoms in total. The molecule has 2 aromatic rings. The van der Waals surface area contributed by atoms with E-state index in [0.29, 0.717) is 5.56 Å². The first-order chi connectivity index (χ1) is 9.18. The molecule has 0 bridgehead atoms. The lowest BCUT2D eigenvalue weighted by atomic mass is 10.00. The summed E-state index contributed by atoms with van der Waals surface area (Å²) in [5, 5.41) is 7.27. The number of hydrogen-bond donors (Lipinski definition) is 2. The van der Waals surface area contributed by atoms with Gasteiger partial charge in [-0.2, -0.15) is 5.10 Å². The van der Waals surface area contributed by atoms with Gasteiger partial charge in [-0.1, -0.05) is 42.5 Å². The molecule has 0 aliphatic rings. The first-order valence-electron chi connectivity index (χ1n) is 5.64. The zero-order valence-corrected chi connectivity index (χ0v) is 10.1. The average molecular weight is 256 g/mol. The average Bonchev–Trinajstić information content (AvgIpc) is 2.40. The summed E-state index contributed by atoms with van der Waals surface area (Å²) < 4.78 is 13.8. The Balaban J connectivity index is 2.45. The van der Waals surface area contributed by atoms with E-state index in [0.717, 1.165) is 11.1 Å². The Morgan fingerprint density at radius 1 is 0.947 bits per heavy atom. The van der Waals surface area contributed by atoms with Crippen LogP contribution in [0.25, 0.3) is 11.1 Å². The first-order valence-corrected chi connectivity index (χ1v) is 5.64. The van der Waals surface area contributed by atoms with Gasteiger partial charge in [0.2, 0.25) is 5.96 Å². The second kappa shape index (κ2) is 5.77. The molecule has 5 heteroatoms. The fourth-order valence-electron chi connectivity index (χ4n) is 1.69. The lowest BCUT2D eigenvalue weighted by Crippen LogP contribution is -2.21. The van der Waals surface area contributed by atoms with Crippen molar-refractivity contribution in [2.45, 2.75) is 0 Å². The number of nitrogens with two attached hydrogens (primary N) is 2. The maximum Gasteiger partial charge on any atom is 0.211 e. The van der Waals surface area contributed by atoms with Crippen LogP contribution in [0.4, 0.5) is 4.39 Å². The third kappa shape index (κ3) is 3.16. The molecule has 2 aromatic carbocycles. The maximum atomic E-state index is 13.8. The first kappa shape index (κ1) is 12.8. The normalized spacial score (nSPS) is 10.6. The van der Waals surface area contributed by atoms with E-state index in [2.05, 4.69) is 10.2 Å². The highest BCUT2D eigenvalue weighted by Gasteiger charge is 2.07. The van der Waals surface area contributed by atoms with Gasteiger partial charge in [0.25, 0.3) is 0 Å². The van der Waals surface area contributed by atoms with Crippen molar-refractivity contribution in [3.63, 3.8) is 0 Å². The SMILES string of the molecule is NC(N)=NN=Cc1ccccc1-c1ccccc1F. The van der Waals surface area contributed by atoms with Crippen molar-refractivity contribution in [1.82, 2.24) is 0 Å². The number of guanidine groups is 1. The largest absolute Gasteiger partial charge is 0.369 e. The Hall–Kier alpha value is -2.69. The molecule has 2 rings (SSSR count). The Morgan fingerprint density at radius 2 is 1.58 bits per heavy atom. The molecule has 0 spiro atoms. The molecule has 0 fully saturated rings. The highest BCUT2D eigenvalue weighted by Crippen LogP contribution is 2.25. The molecule has 0 aromatic heterocycles. The fourth-order valence-corrected chi connectivity index (χ4v) is 1.69. The molecule has 0 atom stereocenters. The van der Waals surface area contributed by atoms with Crippen molar-refractivity contribution >= 4 is 12.2 Å². The van der Waals surface area contributed by atoms with Crippen LogP contribution in [-0.2, 0) is 0 Å². The third-order valence-corrected chi connectivity index (χ3v) is 2.49. The van der Waals surface area contributed by atoms with Crippen LogP contribution in [0.1, 0.15) is 5.56 Å². The minimum absolute atomic E-state index is 0.125. The fraction of sp³-hybridized carbons (Fsp3) is 0. The number of rotatable bonds is 3. The number of benzene rings is 2. The molecule has 96 valence electrons. The zero-order valence-electron chi connectivity index (χ0n) is 10.1. The summed E-state index contributed by atoms with van der Waals surface area (Å²) in [6.07, 6.45) is 1.49. The second-order valence-electron chi connectivity index (χ2n) is 3.84. The van der Waals surface area contributed by atoms with Gasteiger partial charge in [-0.05, 0) is 11.6 Å². The monoisotopic (exact) mass is 256 g/mol. The van der Waals surface area contributed by atoms with Crippen LogP contribution in [0.2, 0.25) is 0 Å². The minimum atomic E-state index is -0.287. The molecular formula is C14H13FN4. The van der Waals surface area contributed by atoms with Crippen LogP contribution < -0.4 is 11.5 Å². The summed E-state index contributed by atoms with van der Waals surface area (Å²) in [6.45, 7) is 0. The van der Waals surface area contributed by atoms with Crippen LogP contribution in [0.15, 0.2) is 58.7 Å². The Labute approximate surface area is 110 Å². The summed E-state index contributed by atoms with van der Waals surface area (Å²) in [6, 6.07) is 13.9. The second-order valence-corrected chi connectivity index (χ2v) is 3.84. The van der Waals surface area contributed by atoms with Crippen molar-refractivity contribution in [2.24, 2.45) is 21.7 Å². The van der Waals surface area contributed by atoms with Crippen molar-refractivity contribution in [1.29, 1.82) is 0 Å². The van der Waals surface area contributed by atoms with E-state index in [9.17, 15) is 4.39 Å². The molecule has 0 amide bonds. The highest BCUT2D eigenvalue weighted by atomic mass is 19.1. The van der Waals surface area contributed by atoms with E-state index in [-0.39, 0.29) is 11.8 Å². The van der Waals surface area contributed by atoms with Crippen LogP contribution in [-0.4, -0.2) is 12.2 Å². The predicted octanol–water partition coefficient (Wildman–Crippen LogP) is 2.10. The van der Waals surface area contributed by atoms with Gasteiger partial charge in [0.05, 0.1) is 6.21 Å². The third-order valence-electron chi connectivity index (χ3n) is 2.49. The van der Waals surface area contributed by atoms with Gasteiger partial charge in [-0.25, -0.2) is 4.39 Å². The van der Waals surface area contributed by atoms with Crippen LogP contribution in [0, 0.1) is 5.82 Å². The molecule has 0 aliphatic carbocycles. The summed E-state index contributed by atoms with van der Waals surface area (Å²) in [5.74, 6) is -0.412. The molecule has 0 saturated carbocycles. The smallest absolute Gasteiger partial charge is 0.211 e. The van der Waals surface area contributed by atoms with E-state index < -0.39 is 0 Å². The lowest BCUT2D eigenvalue weighted by molar-refractivity contribution is 0.631. The molecular weight excluding hydrogens is 243 g/mol. The molecule has 19 heavy (non-hydrogen) atoms. The molecule has 0 heterocycles. The van der Waals surface area contributed by atoms with Gasteiger partial charge in [-0.15, -0.1) is 5.10 Å². The lowest BCUT2D eigenvalue weighted by Gasteiger charge is -2.06. The Kier molecular flexibility index (Phi) is 3.87. The summed E-state index contributed by atoms with van der Waals surface area (Å²) in [4.78, 5) is 0. The molecule has 0 saturated heterocycles. The number of hydrogen-bond acceptors (Lipinski definition) is 2. The van der Waals surface area contributed by atoms with E-state index in [1.807, 2.05) is 24.3 Å². The molecule has 4 N–H and O–H groups in total. The zero-order chi connectivity index (χ0) is 13.7. The standard InChI is InChI=1S/C14H13FN4/c15-13-8-4-3-7-12(13)11-6-2-1-5-10(11)9-18-19-14(16)17/h1-9H,(H4,16,17,19). The van der Waals surface area contributed by atoms with Crippen LogP contribution in [0.3, 0.4) is 0 Å². The van der Waals surface area contributed by atoms with Crippen molar-refractivity contribution in [3.8, 4) is 11.1 Å². The topological polar surface area (TPSA) is 76.8 Å². The minimum Gasteiger partial charge on any atom is -0.369 e.